The molecule has 2 unspecified atom stereocenters. The molecule has 0 bridgehead atoms. The molecule has 1 aromatic rings. The molecule has 2 atom stereocenters. The van der Waals surface area contributed by atoms with Crippen molar-refractivity contribution in [2.45, 2.75) is 32.5 Å². The molecule has 1 aliphatic carbocycles. The zero-order valence-electron chi connectivity index (χ0n) is 14.0. The van der Waals surface area contributed by atoms with Gasteiger partial charge < -0.3 is 14.8 Å². The van der Waals surface area contributed by atoms with Crippen LogP contribution in [0.3, 0.4) is 0 Å². The number of carbonyl (C=O) groups is 1. The summed E-state index contributed by atoms with van der Waals surface area (Å²) in [6.45, 7) is 4.69. The van der Waals surface area contributed by atoms with Gasteiger partial charge in [0.15, 0.2) is 0 Å². The van der Waals surface area contributed by atoms with Crippen LogP contribution in [0.25, 0.3) is 0 Å². The van der Waals surface area contributed by atoms with Crippen molar-refractivity contribution in [3.05, 3.63) is 59.9 Å². The highest BCUT2D eigenvalue weighted by molar-refractivity contribution is 5.72. The zero-order valence-corrected chi connectivity index (χ0v) is 14.0. The molecule has 0 heterocycles. The first-order valence-corrected chi connectivity index (χ1v) is 7.91. The summed E-state index contributed by atoms with van der Waals surface area (Å²) in [7, 11) is 1.70. The fraction of sp³-hybridized carbons (Fsp3) is 0.421. The summed E-state index contributed by atoms with van der Waals surface area (Å²) in [5.41, 5.74) is 0.596. The highest BCUT2D eigenvalue weighted by atomic mass is 16.5. The van der Waals surface area contributed by atoms with Crippen LogP contribution in [-0.2, 0) is 20.9 Å². The molecule has 0 aliphatic heterocycles. The van der Waals surface area contributed by atoms with Crippen molar-refractivity contribution in [1.82, 2.24) is 5.32 Å². The number of amides is 1. The molecule has 1 N–H and O–H groups in total. The van der Waals surface area contributed by atoms with Crippen LogP contribution in [0, 0.1) is 5.92 Å². The molecule has 0 spiro atoms. The molecule has 0 saturated carbocycles. The minimum atomic E-state index is -0.526. The Morgan fingerprint density at radius 1 is 1.30 bits per heavy atom. The molecule has 1 aromatic carbocycles. The highest BCUT2D eigenvalue weighted by Gasteiger charge is 2.39. The lowest BCUT2D eigenvalue weighted by Gasteiger charge is -2.38. The van der Waals surface area contributed by atoms with Gasteiger partial charge in [-0.1, -0.05) is 42.5 Å². The molecule has 0 radical (unpaired) electrons. The van der Waals surface area contributed by atoms with Crippen LogP contribution in [-0.4, -0.2) is 25.2 Å². The van der Waals surface area contributed by atoms with Gasteiger partial charge in [0.1, 0.15) is 18.0 Å². The quantitative estimate of drug-likeness (QED) is 0.840. The topological polar surface area (TPSA) is 47.6 Å². The first-order valence-electron chi connectivity index (χ1n) is 7.91. The van der Waals surface area contributed by atoms with E-state index in [4.69, 9.17) is 9.47 Å². The number of hydrogen-bond acceptors (Lipinski definition) is 3. The fourth-order valence-electron chi connectivity index (χ4n) is 2.76. The molecule has 124 valence electrons. The molecule has 4 heteroatoms. The molecular formula is C19H25NO3. The highest BCUT2D eigenvalue weighted by Crippen LogP contribution is 2.36. The minimum Gasteiger partial charge on any atom is -0.490 e. The monoisotopic (exact) mass is 315 g/mol. The van der Waals surface area contributed by atoms with Gasteiger partial charge in [-0.25, -0.2) is 0 Å². The van der Waals surface area contributed by atoms with Gasteiger partial charge in [0.05, 0.1) is 0 Å². The molecule has 2 rings (SSSR count). The number of rotatable bonds is 7. The van der Waals surface area contributed by atoms with Crippen LogP contribution in [0.1, 0.15) is 25.8 Å². The number of nitrogens with one attached hydrogen (secondary N) is 1. The average molecular weight is 315 g/mol. The summed E-state index contributed by atoms with van der Waals surface area (Å²) < 4.78 is 11.8. The Balaban J connectivity index is 2.02. The molecule has 4 nitrogen and oxygen atoms in total. The number of allylic oxidation sites excluding steroid dienone is 2. The largest absolute Gasteiger partial charge is 0.490 e. The maximum absolute atomic E-state index is 11.0. The molecule has 1 amide bonds. The first-order chi connectivity index (χ1) is 11.1. The minimum absolute atomic E-state index is 0.0139. The van der Waals surface area contributed by atoms with Gasteiger partial charge in [0.2, 0.25) is 5.91 Å². The molecule has 23 heavy (non-hydrogen) atoms. The molecule has 0 fully saturated rings. The smallest absolute Gasteiger partial charge is 0.216 e. The summed E-state index contributed by atoms with van der Waals surface area (Å²) in [5, 5.41) is 2.84. The SMILES string of the molecule is COC1(C)C(OCc2ccccc2)=CC=CC1CCNC(C)=O. The van der Waals surface area contributed by atoms with E-state index in [9.17, 15) is 4.79 Å². The van der Waals surface area contributed by atoms with Crippen molar-refractivity contribution in [1.29, 1.82) is 0 Å². The summed E-state index contributed by atoms with van der Waals surface area (Å²) >= 11 is 0. The molecule has 0 saturated heterocycles. The number of hydrogen-bond donors (Lipinski definition) is 1. The van der Waals surface area contributed by atoms with E-state index in [2.05, 4.69) is 11.4 Å². The molecular weight excluding hydrogens is 290 g/mol. The zero-order chi connectivity index (χ0) is 16.7. The Bertz CT molecular complexity index is 580. The lowest BCUT2D eigenvalue weighted by Crippen LogP contribution is -2.41. The average Bonchev–Trinajstić information content (AvgIpc) is 2.56. The van der Waals surface area contributed by atoms with E-state index < -0.39 is 5.60 Å². The lowest BCUT2D eigenvalue weighted by molar-refractivity contribution is -0.119. The Labute approximate surface area is 138 Å². The molecule has 0 aromatic heterocycles. The fourth-order valence-corrected chi connectivity index (χ4v) is 2.76. The third kappa shape index (κ3) is 4.45. The first kappa shape index (κ1) is 17.3. The second-order valence-electron chi connectivity index (χ2n) is 5.88. The Kier molecular flexibility index (Phi) is 5.99. The number of methoxy groups -OCH3 is 1. The molecule has 1 aliphatic rings. The van der Waals surface area contributed by atoms with Crippen molar-refractivity contribution in [3.63, 3.8) is 0 Å². The van der Waals surface area contributed by atoms with E-state index in [0.717, 1.165) is 17.7 Å². The maximum atomic E-state index is 11.0. The van der Waals surface area contributed by atoms with E-state index in [-0.39, 0.29) is 11.8 Å². The van der Waals surface area contributed by atoms with Gasteiger partial charge >= 0.3 is 0 Å². The van der Waals surface area contributed by atoms with Crippen LogP contribution in [0.5, 0.6) is 0 Å². The van der Waals surface area contributed by atoms with Crippen molar-refractivity contribution in [2.75, 3.05) is 13.7 Å². The van der Waals surface area contributed by atoms with E-state index >= 15 is 0 Å². The summed E-state index contributed by atoms with van der Waals surface area (Å²) in [6.07, 6.45) is 6.87. The van der Waals surface area contributed by atoms with Crippen molar-refractivity contribution in [2.24, 2.45) is 5.92 Å². The normalized spacial score (nSPS) is 23.3. The second-order valence-corrected chi connectivity index (χ2v) is 5.88. The number of carbonyl (C=O) groups excluding carboxylic acids is 1. The van der Waals surface area contributed by atoms with Crippen LogP contribution in [0.2, 0.25) is 0 Å². The number of ether oxygens (including phenoxy) is 2. The number of benzene rings is 1. The Hall–Kier alpha value is -2.07. The van der Waals surface area contributed by atoms with Crippen molar-refractivity contribution in [3.8, 4) is 0 Å². The van der Waals surface area contributed by atoms with Crippen LogP contribution in [0.15, 0.2) is 54.3 Å². The van der Waals surface area contributed by atoms with Gasteiger partial charge in [-0.05, 0) is 25.0 Å². The summed E-state index contributed by atoms with van der Waals surface area (Å²) in [6, 6.07) is 10.1. The van der Waals surface area contributed by atoms with Gasteiger partial charge in [0, 0.05) is 26.5 Å². The standard InChI is InChI=1S/C19H25NO3/c1-15(21)20-13-12-17-10-7-11-18(19(17,2)22-3)23-14-16-8-5-4-6-9-16/h4-11,17H,12-14H2,1-3H3,(H,20,21). The van der Waals surface area contributed by atoms with Crippen LogP contribution in [0.4, 0.5) is 0 Å². The van der Waals surface area contributed by atoms with E-state index in [1.165, 1.54) is 6.92 Å². The Morgan fingerprint density at radius 2 is 2.04 bits per heavy atom. The van der Waals surface area contributed by atoms with E-state index in [1.54, 1.807) is 7.11 Å². The van der Waals surface area contributed by atoms with Crippen molar-refractivity contribution >= 4 is 5.91 Å². The second kappa shape index (κ2) is 7.97. The van der Waals surface area contributed by atoms with Gasteiger partial charge in [0.25, 0.3) is 0 Å². The summed E-state index contributed by atoms with van der Waals surface area (Å²) in [4.78, 5) is 11.0. The third-order valence-corrected chi connectivity index (χ3v) is 4.28. The van der Waals surface area contributed by atoms with E-state index in [0.29, 0.717) is 13.2 Å². The van der Waals surface area contributed by atoms with Gasteiger partial charge in [-0.2, -0.15) is 0 Å². The van der Waals surface area contributed by atoms with Gasteiger partial charge in [-0.15, -0.1) is 0 Å². The lowest BCUT2D eigenvalue weighted by atomic mass is 9.81. The maximum Gasteiger partial charge on any atom is 0.216 e. The predicted octanol–water partition coefficient (Wildman–Crippen LogP) is 3.20. The van der Waals surface area contributed by atoms with E-state index in [1.807, 2.05) is 49.4 Å². The third-order valence-electron chi connectivity index (χ3n) is 4.28. The summed E-state index contributed by atoms with van der Waals surface area (Å²) in [5.74, 6) is 0.953. The van der Waals surface area contributed by atoms with Crippen LogP contribution < -0.4 is 5.32 Å². The Morgan fingerprint density at radius 3 is 2.70 bits per heavy atom. The predicted molar refractivity (Wildman–Crippen MR) is 90.7 cm³/mol. The van der Waals surface area contributed by atoms with Crippen LogP contribution >= 0.6 is 0 Å². The van der Waals surface area contributed by atoms with Gasteiger partial charge in [-0.3, -0.25) is 4.79 Å². The van der Waals surface area contributed by atoms with Crippen molar-refractivity contribution < 1.29 is 14.3 Å².